The van der Waals surface area contributed by atoms with Crippen LogP contribution in [0.1, 0.15) is 15.9 Å². The van der Waals surface area contributed by atoms with Gasteiger partial charge in [0.05, 0.1) is 20.8 Å². The van der Waals surface area contributed by atoms with E-state index >= 15 is 0 Å². The number of anilines is 1. The van der Waals surface area contributed by atoms with Crippen molar-refractivity contribution >= 4 is 22.9 Å². The fraction of sp³-hybridized carbons (Fsp3) is 0.259. The number of hydrogen-bond donors (Lipinski definition) is 0. The number of pyridine rings is 1. The van der Waals surface area contributed by atoms with Crippen molar-refractivity contribution in [2.24, 2.45) is 0 Å². The van der Waals surface area contributed by atoms with Crippen LogP contribution < -0.4 is 19.9 Å². The van der Waals surface area contributed by atoms with E-state index in [2.05, 4.69) is 9.97 Å². The number of amides is 1. The average molecular weight is 486 g/mol. The van der Waals surface area contributed by atoms with E-state index in [0.717, 1.165) is 5.56 Å². The summed E-state index contributed by atoms with van der Waals surface area (Å²) in [4.78, 5) is 39.6. The molecule has 1 fully saturated rings. The molecular weight excluding hydrogens is 458 g/mol. The zero-order valence-electron chi connectivity index (χ0n) is 20.3. The molecule has 2 aromatic carbocycles. The first-order valence-corrected chi connectivity index (χ1v) is 11.7. The zero-order valence-corrected chi connectivity index (χ0v) is 20.3. The summed E-state index contributed by atoms with van der Waals surface area (Å²) >= 11 is 0. The summed E-state index contributed by atoms with van der Waals surface area (Å²) in [5.74, 6) is 1.39. The van der Waals surface area contributed by atoms with Crippen molar-refractivity contribution < 1.29 is 14.3 Å². The predicted octanol–water partition coefficient (Wildman–Crippen LogP) is 2.82. The molecular formula is C27H27N5O4. The molecule has 0 atom stereocenters. The lowest BCUT2D eigenvalue weighted by Gasteiger charge is -2.35. The molecule has 1 aliphatic rings. The van der Waals surface area contributed by atoms with Crippen LogP contribution in [0.5, 0.6) is 11.5 Å². The van der Waals surface area contributed by atoms with Crippen molar-refractivity contribution in [3.63, 3.8) is 0 Å². The van der Waals surface area contributed by atoms with Crippen LogP contribution in [0.15, 0.2) is 71.7 Å². The Kier molecular flexibility index (Phi) is 6.53. The number of carbonyl (C=O) groups is 1. The fourth-order valence-electron chi connectivity index (χ4n) is 4.42. The number of carbonyl (C=O) groups excluding carboxylic acids is 1. The zero-order chi connectivity index (χ0) is 25.1. The SMILES string of the molecule is COc1cc(OC)cc(C(=O)N2CCN(c3nc4cccnc4n(Cc4ccccc4)c3=O)CC2)c1. The molecule has 0 radical (unpaired) electrons. The molecule has 9 nitrogen and oxygen atoms in total. The van der Waals surface area contributed by atoms with Crippen LogP contribution in [0.3, 0.4) is 0 Å². The van der Waals surface area contributed by atoms with Gasteiger partial charge in [-0.3, -0.25) is 14.2 Å². The minimum atomic E-state index is -0.192. The van der Waals surface area contributed by atoms with Gasteiger partial charge in [0, 0.05) is 44.0 Å². The molecule has 4 aromatic rings. The molecule has 0 bridgehead atoms. The lowest BCUT2D eigenvalue weighted by Crippen LogP contribution is -2.50. The van der Waals surface area contributed by atoms with Gasteiger partial charge < -0.3 is 19.3 Å². The van der Waals surface area contributed by atoms with Crippen molar-refractivity contribution in [3.8, 4) is 11.5 Å². The Bertz CT molecular complexity index is 1420. The van der Waals surface area contributed by atoms with Crippen molar-refractivity contribution in [1.29, 1.82) is 0 Å². The summed E-state index contributed by atoms with van der Waals surface area (Å²) in [6, 6.07) is 18.6. The number of piperazine rings is 1. The van der Waals surface area contributed by atoms with Crippen LogP contribution in [0.2, 0.25) is 0 Å². The number of ether oxygens (including phenoxy) is 2. The Morgan fingerprint density at radius 3 is 2.28 bits per heavy atom. The highest BCUT2D eigenvalue weighted by Gasteiger charge is 2.26. The topological polar surface area (TPSA) is 89.8 Å². The molecule has 0 unspecified atom stereocenters. The summed E-state index contributed by atoms with van der Waals surface area (Å²) < 4.78 is 12.3. The Labute approximate surface area is 208 Å². The summed E-state index contributed by atoms with van der Waals surface area (Å²) in [5, 5.41) is 0. The highest BCUT2D eigenvalue weighted by Crippen LogP contribution is 2.24. The van der Waals surface area contributed by atoms with Gasteiger partial charge in [0.1, 0.15) is 17.0 Å². The molecule has 0 spiro atoms. The summed E-state index contributed by atoms with van der Waals surface area (Å²) in [7, 11) is 3.11. The van der Waals surface area contributed by atoms with E-state index in [4.69, 9.17) is 9.47 Å². The van der Waals surface area contributed by atoms with E-state index in [-0.39, 0.29) is 11.5 Å². The second-order valence-corrected chi connectivity index (χ2v) is 8.54. The van der Waals surface area contributed by atoms with Crippen molar-refractivity contribution in [3.05, 3.63) is 88.3 Å². The largest absolute Gasteiger partial charge is 0.497 e. The lowest BCUT2D eigenvalue weighted by molar-refractivity contribution is 0.0745. The maximum atomic E-state index is 13.6. The van der Waals surface area contributed by atoms with Gasteiger partial charge in [-0.05, 0) is 29.8 Å². The Hall–Kier alpha value is -4.40. The minimum absolute atomic E-state index is 0.107. The number of aromatic nitrogens is 3. The van der Waals surface area contributed by atoms with E-state index in [1.807, 2.05) is 47.4 Å². The van der Waals surface area contributed by atoms with Crippen LogP contribution in [-0.4, -0.2) is 65.7 Å². The molecule has 3 heterocycles. The minimum Gasteiger partial charge on any atom is -0.497 e. The Morgan fingerprint density at radius 1 is 0.917 bits per heavy atom. The van der Waals surface area contributed by atoms with Crippen molar-refractivity contribution in [1.82, 2.24) is 19.4 Å². The van der Waals surface area contributed by atoms with Crippen LogP contribution in [0.4, 0.5) is 5.82 Å². The Balaban J connectivity index is 1.40. The van der Waals surface area contributed by atoms with Crippen molar-refractivity contribution in [2.75, 3.05) is 45.3 Å². The predicted molar refractivity (Wildman–Crippen MR) is 137 cm³/mol. The third-order valence-electron chi connectivity index (χ3n) is 6.33. The second kappa shape index (κ2) is 10.1. The summed E-state index contributed by atoms with van der Waals surface area (Å²) in [5.41, 5.74) is 2.52. The lowest BCUT2D eigenvalue weighted by atomic mass is 10.1. The van der Waals surface area contributed by atoms with Gasteiger partial charge in [0.25, 0.3) is 11.5 Å². The van der Waals surface area contributed by atoms with Crippen molar-refractivity contribution in [2.45, 2.75) is 6.54 Å². The molecule has 0 N–H and O–H groups in total. The van der Waals surface area contributed by atoms with Crippen LogP contribution in [0.25, 0.3) is 11.2 Å². The molecule has 0 aliphatic carbocycles. The number of benzene rings is 2. The Morgan fingerprint density at radius 2 is 1.61 bits per heavy atom. The molecule has 0 saturated carbocycles. The molecule has 2 aromatic heterocycles. The monoisotopic (exact) mass is 485 g/mol. The molecule has 5 rings (SSSR count). The second-order valence-electron chi connectivity index (χ2n) is 8.54. The third kappa shape index (κ3) is 4.59. The van der Waals surface area contributed by atoms with Gasteiger partial charge in [0.2, 0.25) is 0 Å². The van der Waals surface area contributed by atoms with E-state index in [9.17, 15) is 9.59 Å². The molecule has 9 heteroatoms. The van der Waals surface area contributed by atoms with Crippen LogP contribution in [-0.2, 0) is 6.54 Å². The molecule has 36 heavy (non-hydrogen) atoms. The van der Waals surface area contributed by atoms with Crippen LogP contribution in [0, 0.1) is 0 Å². The molecule has 184 valence electrons. The first-order chi connectivity index (χ1) is 17.6. The number of methoxy groups -OCH3 is 2. The molecule has 1 amide bonds. The summed E-state index contributed by atoms with van der Waals surface area (Å²) in [6.07, 6.45) is 1.67. The summed E-state index contributed by atoms with van der Waals surface area (Å²) in [6.45, 7) is 2.31. The maximum absolute atomic E-state index is 13.6. The molecule has 1 saturated heterocycles. The van der Waals surface area contributed by atoms with Gasteiger partial charge in [-0.1, -0.05) is 30.3 Å². The van der Waals surface area contributed by atoms with E-state index in [1.165, 1.54) is 0 Å². The highest BCUT2D eigenvalue weighted by atomic mass is 16.5. The highest BCUT2D eigenvalue weighted by molar-refractivity contribution is 5.95. The van der Waals surface area contributed by atoms with Gasteiger partial charge in [0.15, 0.2) is 11.5 Å². The van der Waals surface area contributed by atoms with Gasteiger partial charge in [-0.25, -0.2) is 9.97 Å². The van der Waals surface area contributed by atoms with Gasteiger partial charge >= 0.3 is 0 Å². The smallest absolute Gasteiger partial charge is 0.295 e. The van der Waals surface area contributed by atoms with E-state index in [1.54, 1.807) is 48.1 Å². The normalized spacial score (nSPS) is 13.6. The maximum Gasteiger partial charge on any atom is 0.295 e. The average Bonchev–Trinajstić information content (AvgIpc) is 2.94. The number of nitrogens with zero attached hydrogens (tertiary/aromatic N) is 5. The van der Waals surface area contributed by atoms with Gasteiger partial charge in [-0.2, -0.15) is 0 Å². The first-order valence-electron chi connectivity index (χ1n) is 11.7. The number of hydrogen-bond acceptors (Lipinski definition) is 7. The van der Waals surface area contributed by atoms with Crippen LogP contribution >= 0.6 is 0 Å². The van der Waals surface area contributed by atoms with Gasteiger partial charge in [-0.15, -0.1) is 0 Å². The number of fused-ring (bicyclic) bond motifs is 1. The third-order valence-corrected chi connectivity index (χ3v) is 6.33. The standard InChI is InChI=1S/C27H27N5O4/c1-35-21-15-20(16-22(17-21)36-2)26(33)31-13-11-30(12-14-31)25-27(34)32(18-19-7-4-3-5-8-19)24-23(29-25)9-6-10-28-24/h3-10,15-17H,11-14,18H2,1-2H3. The van der Waals surface area contributed by atoms with E-state index < -0.39 is 0 Å². The fourth-order valence-corrected chi connectivity index (χ4v) is 4.42. The quantitative estimate of drug-likeness (QED) is 0.415. The molecule has 1 aliphatic heterocycles. The van der Waals surface area contributed by atoms with E-state index in [0.29, 0.717) is 66.8 Å². The number of rotatable bonds is 6. The first kappa shape index (κ1) is 23.3.